The predicted octanol–water partition coefficient (Wildman–Crippen LogP) is 5.77. The van der Waals surface area contributed by atoms with Crippen molar-refractivity contribution in [3.8, 4) is 0 Å². The molecule has 0 aliphatic carbocycles. The Morgan fingerprint density at radius 1 is 0.906 bits per heavy atom. The van der Waals surface area contributed by atoms with Gasteiger partial charge in [0.1, 0.15) is 0 Å². The summed E-state index contributed by atoms with van der Waals surface area (Å²) in [6.07, 6.45) is 0. The van der Waals surface area contributed by atoms with Crippen molar-refractivity contribution in [3.63, 3.8) is 0 Å². The van der Waals surface area contributed by atoms with Crippen LogP contribution in [-0.2, 0) is 0 Å². The molecule has 0 saturated heterocycles. The highest BCUT2D eigenvalue weighted by atomic mass is 32.2. The van der Waals surface area contributed by atoms with Crippen molar-refractivity contribution in [3.05, 3.63) is 86.5 Å². The number of nitro benzene ring substituents is 2. The van der Waals surface area contributed by atoms with Gasteiger partial charge in [-0.3, -0.25) is 29.9 Å². The van der Waals surface area contributed by atoms with Crippen LogP contribution in [-0.4, -0.2) is 21.8 Å². The first-order chi connectivity index (χ1) is 15.3. The van der Waals surface area contributed by atoms with Crippen LogP contribution in [0.4, 0.5) is 28.4 Å². The number of anilines is 3. The van der Waals surface area contributed by atoms with Crippen molar-refractivity contribution in [2.24, 2.45) is 0 Å². The Morgan fingerprint density at radius 2 is 1.38 bits per heavy atom. The summed E-state index contributed by atoms with van der Waals surface area (Å²) in [7, 11) is 0. The maximum atomic E-state index is 13.7. The van der Waals surface area contributed by atoms with E-state index in [4.69, 9.17) is 0 Å². The van der Waals surface area contributed by atoms with Crippen LogP contribution < -0.4 is 10.2 Å². The number of nitrogens with one attached hydrogen (secondary N) is 1. The minimum absolute atomic E-state index is 0.144. The standard InChI is InChI=1S/C22H18N4O5S/c1-13(2)23-21-17(25(28)29)11-14(12-18(21)26(30)31)22(27)24-15-7-3-5-9-19(15)32-20-10-6-4-8-16(20)24/h3-13,23H,1-2H3. The summed E-state index contributed by atoms with van der Waals surface area (Å²) in [6.45, 7) is 3.43. The van der Waals surface area contributed by atoms with Crippen LogP contribution in [0.3, 0.4) is 0 Å². The van der Waals surface area contributed by atoms with Crippen LogP contribution in [0.25, 0.3) is 0 Å². The molecule has 4 rings (SSSR count). The molecule has 9 nitrogen and oxygen atoms in total. The molecule has 1 aliphatic heterocycles. The van der Waals surface area contributed by atoms with Crippen molar-refractivity contribution in [1.29, 1.82) is 0 Å². The normalized spacial score (nSPS) is 12.2. The predicted molar refractivity (Wildman–Crippen MR) is 122 cm³/mol. The van der Waals surface area contributed by atoms with Gasteiger partial charge in [0.05, 0.1) is 26.8 Å². The largest absolute Gasteiger partial charge is 0.372 e. The van der Waals surface area contributed by atoms with Crippen LogP contribution in [0, 0.1) is 20.2 Å². The topological polar surface area (TPSA) is 119 Å². The second-order valence-electron chi connectivity index (χ2n) is 7.38. The van der Waals surface area contributed by atoms with E-state index in [0.717, 1.165) is 21.9 Å². The Kier molecular flexibility index (Phi) is 5.54. The van der Waals surface area contributed by atoms with Crippen LogP contribution in [0.2, 0.25) is 0 Å². The molecular weight excluding hydrogens is 432 g/mol. The van der Waals surface area contributed by atoms with E-state index in [-0.39, 0.29) is 17.3 Å². The monoisotopic (exact) mass is 450 g/mol. The Hall–Kier alpha value is -3.92. The van der Waals surface area contributed by atoms with Crippen molar-refractivity contribution >= 4 is 46.1 Å². The number of benzene rings is 3. The van der Waals surface area contributed by atoms with Gasteiger partial charge in [0.2, 0.25) is 0 Å². The van der Waals surface area contributed by atoms with Crippen LogP contribution >= 0.6 is 11.8 Å². The van der Waals surface area contributed by atoms with Crippen molar-refractivity contribution in [1.82, 2.24) is 0 Å². The lowest BCUT2D eigenvalue weighted by Crippen LogP contribution is -2.28. The number of nitro groups is 2. The number of para-hydroxylation sites is 2. The highest BCUT2D eigenvalue weighted by Gasteiger charge is 2.33. The molecule has 0 radical (unpaired) electrons. The second-order valence-corrected chi connectivity index (χ2v) is 8.46. The highest BCUT2D eigenvalue weighted by Crippen LogP contribution is 2.49. The smallest absolute Gasteiger partial charge is 0.300 e. The summed E-state index contributed by atoms with van der Waals surface area (Å²) in [6, 6.07) is 16.5. The molecule has 3 aromatic carbocycles. The molecule has 0 saturated carbocycles. The van der Waals surface area contributed by atoms with Gasteiger partial charge in [-0.15, -0.1) is 0 Å². The Balaban J connectivity index is 1.91. The zero-order valence-corrected chi connectivity index (χ0v) is 18.0. The molecular formula is C22H18N4O5S. The second kappa shape index (κ2) is 8.31. The van der Waals surface area contributed by atoms with Crippen molar-refractivity contribution in [2.45, 2.75) is 29.7 Å². The summed E-state index contributed by atoms with van der Waals surface area (Å²) < 4.78 is 0. The molecule has 162 valence electrons. The molecule has 0 bridgehead atoms. The zero-order chi connectivity index (χ0) is 23.0. The third-order valence-electron chi connectivity index (χ3n) is 4.81. The van der Waals surface area contributed by atoms with E-state index in [1.807, 2.05) is 24.3 Å². The van der Waals surface area contributed by atoms with E-state index >= 15 is 0 Å². The minimum atomic E-state index is -0.720. The molecule has 0 unspecified atom stereocenters. The third kappa shape index (κ3) is 3.76. The number of hydrogen-bond acceptors (Lipinski definition) is 7. The molecule has 32 heavy (non-hydrogen) atoms. The van der Waals surface area contributed by atoms with Gasteiger partial charge in [-0.1, -0.05) is 36.0 Å². The van der Waals surface area contributed by atoms with Gasteiger partial charge in [-0.05, 0) is 38.1 Å². The quantitative estimate of drug-likeness (QED) is 0.387. The Bertz CT molecular complexity index is 1180. The lowest BCUT2D eigenvalue weighted by molar-refractivity contribution is -0.392. The van der Waals surface area contributed by atoms with E-state index in [1.54, 1.807) is 38.1 Å². The summed E-state index contributed by atoms with van der Waals surface area (Å²) >= 11 is 1.50. The Labute approximate surface area is 187 Å². The van der Waals surface area contributed by atoms with Crippen LogP contribution in [0.1, 0.15) is 24.2 Å². The van der Waals surface area contributed by atoms with Gasteiger partial charge >= 0.3 is 0 Å². The fraction of sp³-hybridized carbons (Fsp3) is 0.136. The molecule has 0 aromatic heterocycles. The Morgan fingerprint density at radius 3 is 1.81 bits per heavy atom. The van der Waals surface area contributed by atoms with Gasteiger partial charge in [-0.25, -0.2) is 0 Å². The fourth-order valence-electron chi connectivity index (χ4n) is 3.51. The number of fused-ring (bicyclic) bond motifs is 2. The van der Waals surface area contributed by atoms with E-state index < -0.39 is 27.1 Å². The molecule has 1 heterocycles. The van der Waals surface area contributed by atoms with Crippen molar-refractivity contribution < 1.29 is 14.6 Å². The lowest BCUT2D eigenvalue weighted by atomic mass is 10.1. The zero-order valence-electron chi connectivity index (χ0n) is 17.1. The van der Waals surface area contributed by atoms with Gasteiger partial charge < -0.3 is 5.32 Å². The van der Waals surface area contributed by atoms with E-state index in [9.17, 15) is 25.0 Å². The SMILES string of the molecule is CC(C)Nc1c([N+](=O)[O-])cc(C(=O)N2c3ccccc3Sc3ccccc32)cc1[N+](=O)[O-]. The van der Waals surface area contributed by atoms with Crippen molar-refractivity contribution in [2.75, 3.05) is 10.2 Å². The first-order valence-corrected chi connectivity index (χ1v) is 10.5. The first-order valence-electron chi connectivity index (χ1n) is 9.71. The van der Waals surface area contributed by atoms with Gasteiger partial charge in [0, 0.05) is 28.0 Å². The molecule has 1 aliphatic rings. The number of rotatable bonds is 5. The summed E-state index contributed by atoms with van der Waals surface area (Å²) in [4.78, 5) is 38.8. The number of amides is 1. The molecule has 0 fully saturated rings. The maximum absolute atomic E-state index is 13.7. The number of hydrogen-bond donors (Lipinski definition) is 1. The molecule has 10 heteroatoms. The lowest BCUT2D eigenvalue weighted by Gasteiger charge is -2.31. The molecule has 1 N–H and O–H groups in total. The minimum Gasteiger partial charge on any atom is -0.372 e. The molecule has 0 atom stereocenters. The van der Waals surface area contributed by atoms with Crippen LogP contribution in [0.15, 0.2) is 70.5 Å². The highest BCUT2D eigenvalue weighted by molar-refractivity contribution is 7.99. The average Bonchev–Trinajstić information content (AvgIpc) is 2.76. The van der Waals surface area contributed by atoms with E-state index in [0.29, 0.717) is 11.4 Å². The van der Waals surface area contributed by atoms with E-state index in [2.05, 4.69) is 5.32 Å². The van der Waals surface area contributed by atoms with E-state index in [1.165, 1.54) is 16.7 Å². The number of carbonyl (C=O) groups is 1. The number of nitrogens with zero attached hydrogens (tertiary/aromatic N) is 3. The van der Waals surface area contributed by atoms with Gasteiger partial charge in [0.15, 0.2) is 5.69 Å². The number of carbonyl (C=O) groups excluding carboxylic acids is 1. The van der Waals surface area contributed by atoms with Gasteiger partial charge in [0.25, 0.3) is 17.3 Å². The third-order valence-corrected chi connectivity index (χ3v) is 5.94. The molecule has 1 amide bonds. The molecule has 0 spiro atoms. The van der Waals surface area contributed by atoms with Gasteiger partial charge in [-0.2, -0.15) is 0 Å². The molecule has 3 aromatic rings. The first kappa shape index (κ1) is 21.3. The van der Waals surface area contributed by atoms with Crippen LogP contribution in [0.5, 0.6) is 0 Å². The summed E-state index contributed by atoms with van der Waals surface area (Å²) in [5.74, 6) is -0.590. The maximum Gasteiger partial charge on any atom is 0.300 e. The fourth-order valence-corrected chi connectivity index (χ4v) is 4.57. The average molecular weight is 450 g/mol. The summed E-state index contributed by atoms with van der Waals surface area (Å²) in [5, 5.41) is 26.3. The summed E-state index contributed by atoms with van der Waals surface area (Å²) in [5.41, 5.74) is -0.198.